The summed E-state index contributed by atoms with van der Waals surface area (Å²) in [5.74, 6) is -0.00236. The van der Waals surface area contributed by atoms with Crippen LogP contribution in [0.3, 0.4) is 0 Å². The van der Waals surface area contributed by atoms with Crippen LogP contribution in [0.2, 0.25) is 4.34 Å². The zero-order valence-electron chi connectivity index (χ0n) is 14.5. The summed E-state index contributed by atoms with van der Waals surface area (Å²) in [4.78, 5) is 17.8. The molecule has 0 radical (unpaired) electrons. The van der Waals surface area contributed by atoms with Gasteiger partial charge in [-0.15, -0.1) is 11.3 Å². The molecule has 1 N–H and O–H groups in total. The average Bonchev–Trinajstić information content (AvgIpc) is 3.21. The second-order valence-electron chi connectivity index (χ2n) is 6.61. The van der Waals surface area contributed by atoms with Crippen molar-refractivity contribution in [1.82, 2.24) is 9.80 Å². The van der Waals surface area contributed by atoms with Gasteiger partial charge >= 0.3 is 0 Å². The van der Waals surface area contributed by atoms with Crippen molar-refractivity contribution < 1.29 is 4.79 Å². The Labute approximate surface area is 158 Å². The molecule has 0 spiro atoms. The molecule has 0 bridgehead atoms. The van der Waals surface area contributed by atoms with E-state index in [1.54, 1.807) is 11.3 Å². The number of nitrogens with one attached hydrogen (secondary N) is 1. The van der Waals surface area contributed by atoms with E-state index in [0.717, 1.165) is 28.0 Å². The summed E-state index contributed by atoms with van der Waals surface area (Å²) >= 11 is 7.49. The monoisotopic (exact) mass is 377 g/mol. The molecule has 0 atom stereocenters. The Hall–Kier alpha value is -1.40. The van der Waals surface area contributed by atoms with Gasteiger partial charge in [0.25, 0.3) is 0 Å². The van der Waals surface area contributed by atoms with Crippen molar-refractivity contribution in [3.8, 4) is 0 Å². The van der Waals surface area contributed by atoms with Gasteiger partial charge in [-0.3, -0.25) is 14.6 Å². The predicted octanol–water partition coefficient (Wildman–Crippen LogP) is 4.07. The van der Waals surface area contributed by atoms with E-state index in [1.807, 2.05) is 36.2 Å². The van der Waals surface area contributed by atoms with E-state index in [4.69, 9.17) is 11.6 Å². The lowest BCUT2D eigenvalue weighted by molar-refractivity contribution is -0.117. The molecule has 6 heteroatoms. The quantitative estimate of drug-likeness (QED) is 0.790. The Balaban J connectivity index is 1.45. The van der Waals surface area contributed by atoms with Gasteiger partial charge in [0.05, 0.1) is 10.9 Å². The van der Waals surface area contributed by atoms with Crippen LogP contribution < -0.4 is 5.32 Å². The van der Waals surface area contributed by atoms with Crippen LogP contribution in [-0.2, 0) is 17.9 Å². The van der Waals surface area contributed by atoms with Crippen LogP contribution in [0.25, 0.3) is 0 Å². The van der Waals surface area contributed by atoms with Crippen molar-refractivity contribution in [3.05, 3.63) is 51.2 Å². The minimum atomic E-state index is -0.00236. The van der Waals surface area contributed by atoms with Gasteiger partial charge in [-0.05, 0) is 62.8 Å². The van der Waals surface area contributed by atoms with E-state index in [2.05, 4.69) is 22.3 Å². The first-order valence-electron chi connectivity index (χ1n) is 8.62. The lowest BCUT2D eigenvalue weighted by atomic mass is 10.2. The highest BCUT2D eigenvalue weighted by atomic mass is 35.5. The summed E-state index contributed by atoms with van der Waals surface area (Å²) in [6, 6.07) is 12.1. The van der Waals surface area contributed by atoms with Gasteiger partial charge in [0.2, 0.25) is 5.91 Å². The fourth-order valence-corrected chi connectivity index (χ4v) is 4.26. The van der Waals surface area contributed by atoms with Gasteiger partial charge in [0.15, 0.2) is 0 Å². The first-order valence-corrected chi connectivity index (χ1v) is 9.82. The molecule has 134 valence electrons. The number of thiophene rings is 1. The molecule has 1 amide bonds. The summed E-state index contributed by atoms with van der Waals surface area (Å²) in [7, 11) is 1.94. The zero-order chi connectivity index (χ0) is 17.6. The van der Waals surface area contributed by atoms with Crippen molar-refractivity contribution in [2.45, 2.75) is 25.9 Å². The van der Waals surface area contributed by atoms with E-state index in [-0.39, 0.29) is 5.91 Å². The molecule has 1 fully saturated rings. The highest BCUT2D eigenvalue weighted by Gasteiger charge is 2.12. The summed E-state index contributed by atoms with van der Waals surface area (Å²) < 4.78 is 0.780. The molecule has 25 heavy (non-hydrogen) atoms. The topological polar surface area (TPSA) is 35.6 Å². The Morgan fingerprint density at radius 1 is 1.20 bits per heavy atom. The molecule has 4 nitrogen and oxygen atoms in total. The number of carbonyl (C=O) groups excluding carboxylic acids is 1. The molecule has 1 aromatic heterocycles. The molecule has 3 rings (SSSR count). The number of likely N-dealkylation sites (N-methyl/N-ethyl adjacent to an activating group) is 1. The standard InChI is InChI=1S/C19H24ClN3OS/c1-22(13-17-8-9-18(20)25-17)14-19(24)21-16-6-4-15(5-7-16)12-23-10-2-3-11-23/h4-9H,2-3,10-14H2,1H3,(H,21,24). The third kappa shape index (κ3) is 5.82. The Kier molecular flexibility index (Phi) is 6.48. The Morgan fingerprint density at radius 2 is 1.92 bits per heavy atom. The van der Waals surface area contributed by atoms with Crippen molar-refractivity contribution in [3.63, 3.8) is 0 Å². The molecule has 0 aliphatic carbocycles. The molecule has 0 unspecified atom stereocenters. The summed E-state index contributed by atoms with van der Waals surface area (Å²) in [5, 5.41) is 2.97. The van der Waals surface area contributed by atoms with Crippen LogP contribution in [-0.4, -0.2) is 42.4 Å². The maximum atomic E-state index is 12.2. The largest absolute Gasteiger partial charge is 0.325 e. The number of benzene rings is 1. The summed E-state index contributed by atoms with van der Waals surface area (Å²) in [5.41, 5.74) is 2.15. The smallest absolute Gasteiger partial charge is 0.238 e. The van der Waals surface area contributed by atoms with Gasteiger partial charge in [0.1, 0.15) is 0 Å². The minimum Gasteiger partial charge on any atom is -0.325 e. The summed E-state index contributed by atoms with van der Waals surface area (Å²) in [6.45, 7) is 4.46. The highest BCUT2D eigenvalue weighted by Crippen LogP contribution is 2.22. The van der Waals surface area contributed by atoms with Crippen LogP contribution in [0.1, 0.15) is 23.3 Å². The van der Waals surface area contributed by atoms with Gasteiger partial charge in [-0.2, -0.15) is 0 Å². The van der Waals surface area contributed by atoms with E-state index < -0.39 is 0 Å². The van der Waals surface area contributed by atoms with Crippen LogP contribution in [0.15, 0.2) is 36.4 Å². The number of nitrogens with zero attached hydrogens (tertiary/aromatic N) is 2. The first kappa shape index (κ1) is 18.4. The Bertz CT molecular complexity index is 695. The van der Waals surface area contributed by atoms with E-state index in [0.29, 0.717) is 6.54 Å². The van der Waals surface area contributed by atoms with Gasteiger partial charge < -0.3 is 5.32 Å². The number of hydrogen-bond donors (Lipinski definition) is 1. The number of hydrogen-bond acceptors (Lipinski definition) is 4. The normalized spacial score (nSPS) is 15.0. The molecular formula is C19H24ClN3OS. The second kappa shape index (κ2) is 8.81. The number of amides is 1. The predicted molar refractivity (Wildman–Crippen MR) is 105 cm³/mol. The second-order valence-corrected chi connectivity index (χ2v) is 8.41. The molecule has 2 aromatic rings. The number of halogens is 1. The van der Waals surface area contributed by atoms with Gasteiger partial charge in [-0.25, -0.2) is 0 Å². The average molecular weight is 378 g/mol. The van der Waals surface area contributed by atoms with Crippen LogP contribution in [0, 0.1) is 0 Å². The van der Waals surface area contributed by atoms with E-state index in [1.165, 1.54) is 31.5 Å². The number of rotatable bonds is 7. The maximum Gasteiger partial charge on any atom is 0.238 e. The fraction of sp³-hybridized carbons (Fsp3) is 0.421. The number of carbonyl (C=O) groups is 1. The SMILES string of the molecule is CN(CC(=O)Nc1ccc(CN2CCCC2)cc1)Cc1ccc(Cl)s1. The van der Waals surface area contributed by atoms with Crippen molar-refractivity contribution in [2.24, 2.45) is 0 Å². The number of anilines is 1. The fourth-order valence-electron chi connectivity index (χ4n) is 3.10. The Morgan fingerprint density at radius 3 is 2.56 bits per heavy atom. The van der Waals surface area contributed by atoms with E-state index in [9.17, 15) is 4.79 Å². The maximum absolute atomic E-state index is 12.2. The molecule has 1 aromatic carbocycles. The number of likely N-dealkylation sites (tertiary alicyclic amines) is 1. The molecule has 1 saturated heterocycles. The van der Waals surface area contributed by atoms with Crippen LogP contribution in [0.4, 0.5) is 5.69 Å². The van der Waals surface area contributed by atoms with Crippen molar-refractivity contribution in [1.29, 1.82) is 0 Å². The van der Waals surface area contributed by atoms with Crippen molar-refractivity contribution in [2.75, 3.05) is 32.0 Å². The zero-order valence-corrected chi connectivity index (χ0v) is 16.1. The van der Waals surface area contributed by atoms with Gasteiger partial charge in [0, 0.05) is 23.7 Å². The van der Waals surface area contributed by atoms with Gasteiger partial charge in [-0.1, -0.05) is 23.7 Å². The van der Waals surface area contributed by atoms with Crippen LogP contribution in [0.5, 0.6) is 0 Å². The molecular weight excluding hydrogens is 354 g/mol. The lowest BCUT2D eigenvalue weighted by Crippen LogP contribution is -2.29. The highest BCUT2D eigenvalue weighted by molar-refractivity contribution is 7.16. The van der Waals surface area contributed by atoms with E-state index >= 15 is 0 Å². The molecule has 0 saturated carbocycles. The molecule has 2 heterocycles. The summed E-state index contributed by atoms with van der Waals surface area (Å²) in [6.07, 6.45) is 2.61. The third-order valence-corrected chi connectivity index (χ3v) is 5.53. The third-order valence-electron chi connectivity index (χ3n) is 4.31. The molecule has 1 aliphatic rings. The molecule has 1 aliphatic heterocycles. The lowest BCUT2D eigenvalue weighted by Gasteiger charge is -2.16. The van der Waals surface area contributed by atoms with Crippen molar-refractivity contribution >= 4 is 34.5 Å². The van der Waals surface area contributed by atoms with Crippen LogP contribution >= 0.6 is 22.9 Å². The minimum absolute atomic E-state index is 0.00236. The first-order chi connectivity index (χ1) is 12.1.